The summed E-state index contributed by atoms with van der Waals surface area (Å²) in [6.45, 7) is 4.56. The maximum absolute atomic E-state index is 13.5. The van der Waals surface area contributed by atoms with Crippen molar-refractivity contribution < 1.29 is 18.4 Å². The number of hydrogen-bond donors (Lipinski definition) is 2. The van der Waals surface area contributed by atoms with Crippen molar-refractivity contribution in [3.8, 4) is 0 Å². The lowest BCUT2D eigenvalue weighted by Gasteiger charge is -2.36. The molecule has 0 fully saturated rings. The van der Waals surface area contributed by atoms with Gasteiger partial charge in [-0.1, -0.05) is 26.0 Å². The van der Waals surface area contributed by atoms with Gasteiger partial charge in [0, 0.05) is 17.7 Å². The first-order valence-corrected chi connectivity index (χ1v) is 11.1. The Labute approximate surface area is 192 Å². The summed E-state index contributed by atoms with van der Waals surface area (Å²) < 4.78 is 11.1. The maximum Gasteiger partial charge on any atom is 0.239 e. The van der Waals surface area contributed by atoms with Crippen LogP contribution < -0.4 is 15.5 Å². The Morgan fingerprint density at radius 3 is 2.64 bits per heavy atom. The number of furan rings is 2. The summed E-state index contributed by atoms with van der Waals surface area (Å²) in [7, 11) is 0. The van der Waals surface area contributed by atoms with E-state index in [1.54, 1.807) is 18.6 Å². The Kier molecular flexibility index (Phi) is 5.32. The molecule has 3 aromatic rings. The van der Waals surface area contributed by atoms with Crippen LogP contribution in [-0.4, -0.2) is 18.2 Å². The number of fused-ring (bicyclic) bond motifs is 1. The normalized spacial score (nSPS) is 19.4. The third-order valence-electron chi connectivity index (χ3n) is 6.17. The molecule has 0 bridgehead atoms. The summed E-state index contributed by atoms with van der Waals surface area (Å²) in [5.74, 6) is 1.21. The highest BCUT2D eigenvalue weighted by molar-refractivity contribution is 6.01. The number of benzene rings is 1. The van der Waals surface area contributed by atoms with Gasteiger partial charge in [-0.3, -0.25) is 9.59 Å². The number of ketones is 1. The number of nitrogens with one attached hydrogen (secondary N) is 2. The highest BCUT2D eigenvalue weighted by Crippen LogP contribution is 2.48. The molecule has 0 saturated carbocycles. The minimum Gasteiger partial charge on any atom is -0.467 e. The molecule has 2 aliphatic rings. The van der Waals surface area contributed by atoms with Gasteiger partial charge in [-0.05, 0) is 48.2 Å². The lowest BCUT2D eigenvalue weighted by Crippen LogP contribution is -2.41. The lowest BCUT2D eigenvalue weighted by atomic mass is 9.74. The first-order chi connectivity index (χ1) is 15.9. The number of amides is 1. The molecular weight excluding hydrogens is 418 g/mol. The van der Waals surface area contributed by atoms with Crippen molar-refractivity contribution in [1.29, 1.82) is 0 Å². The molecule has 7 nitrogen and oxygen atoms in total. The van der Waals surface area contributed by atoms with Gasteiger partial charge in [0.1, 0.15) is 17.6 Å². The molecule has 1 aromatic carbocycles. The molecule has 2 aromatic heterocycles. The van der Waals surface area contributed by atoms with E-state index < -0.39 is 6.04 Å². The molecule has 0 radical (unpaired) electrons. The monoisotopic (exact) mass is 445 g/mol. The van der Waals surface area contributed by atoms with E-state index in [1.165, 1.54) is 0 Å². The van der Waals surface area contributed by atoms with Crippen LogP contribution in [0.2, 0.25) is 0 Å². The summed E-state index contributed by atoms with van der Waals surface area (Å²) in [5.41, 5.74) is 3.11. The summed E-state index contributed by atoms with van der Waals surface area (Å²) >= 11 is 0. The van der Waals surface area contributed by atoms with Crippen molar-refractivity contribution in [1.82, 2.24) is 5.32 Å². The molecule has 3 heterocycles. The molecular formula is C26H27N3O4. The molecule has 170 valence electrons. The van der Waals surface area contributed by atoms with Gasteiger partial charge in [-0.15, -0.1) is 0 Å². The smallest absolute Gasteiger partial charge is 0.239 e. The van der Waals surface area contributed by atoms with E-state index in [2.05, 4.69) is 24.5 Å². The number of carbonyl (C=O) groups is 2. The molecule has 1 aliphatic heterocycles. The highest BCUT2D eigenvalue weighted by atomic mass is 16.3. The molecule has 2 N–H and O–H groups in total. The third kappa shape index (κ3) is 4.18. The van der Waals surface area contributed by atoms with E-state index >= 15 is 0 Å². The Bertz CT molecular complexity index is 1190. The van der Waals surface area contributed by atoms with E-state index in [-0.39, 0.29) is 23.7 Å². The average Bonchev–Trinajstić information content (AvgIpc) is 3.46. The second-order valence-corrected chi connectivity index (χ2v) is 9.38. The van der Waals surface area contributed by atoms with Crippen LogP contribution >= 0.6 is 0 Å². The van der Waals surface area contributed by atoms with E-state index in [0.717, 1.165) is 23.5 Å². The Balaban J connectivity index is 1.57. The van der Waals surface area contributed by atoms with Crippen LogP contribution in [-0.2, 0) is 16.1 Å². The standard InChI is InChI=1S/C26H27N3O4/c1-26(2)13-19-24(21(30)14-26)25(22-10-6-12-33-22)29(20-9-4-3-8-18(20)28-19)16-23(31)27-15-17-7-5-11-32-17/h3-12,25,28H,13-16H2,1-2H3,(H,27,31)/t25-/m1/s1. The van der Waals surface area contributed by atoms with Gasteiger partial charge < -0.3 is 24.4 Å². The van der Waals surface area contributed by atoms with Gasteiger partial charge in [0.05, 0.1) is 37.0 Å². The Morgan fingerprint density at radius 2 is 1.88 bits per heavy atom. The average molecular weight is 446 g/mol. The van der Waals surface area contributed by atoms with E-state index in [4.69, 9.17) is 8.83 Å². The van der Waals surface area contributed by atoms with Crippen LogP contribution in [0.4, 0.5) is 11.4 Å². The van der Waals surface area contributed by atoms with E-state index in [9.17, 15) is 9.59 Å². The van der Waals surface area contributed by atoms with Crippen molar-refractivity contribution in [3.63, 3.8) is 0 Å². The second kappa shape index (κ2) is 8.31. The number of carbonyl (C=O) groups excluding carboxylic acids is 2. The zero-order valence-electron chi connectivity index (χ0n) is 18.8. The van der Waals surface area contributed by atoms with Crippen molar-refractivity contribution in [2.75, 3.05) is 16.8 Å². The summed E-state index contributed by atoms with van der Waals surface area (Å²) in [6, 6.07) is 14.6. The van der Waals surface area contributed by atoms with Crippen molar-refractivity contribution >= 4 is 23.1 Å². The molecule has 5 rings (SSSR count). The molecule has 1 amide bonds. The van der Waals surface area contributed by atoms with Crippen LogP contribution in [0, 0.1) is 5.41 Å². The Hall–Kier alpha value is -3.74. The van der Waals surface area contributed by atoms with Crippen LogP contribution in [0.1, 0.15) is 44.3 Å². The van der Waals surface area contributed by atoms with Crippen molar-refractivity contribution in [3.05, 3.63) is 83.8 Å². The van der Waals surface area contributed by atoms with E-state index in [0.29, 0.717) is 30.1 Å². The number of rotatable bonds is 5. The topological polar surface area (TPSA) is 87.7 Å². The number of allylic oxidation sites excluding steroid dienone is 1. The third-order valence-corrected chi connectivity index (χ3v) is 6.17. The molecule has 0 spiro atoms. The zero-order chi connectivity index (χ0) is 23.0. The van der Waals surface area contributed by atoms with E-state index in [1.807, 2.05) is 47.4 Å². The minimum absolute atomic E-state index is 0.0538. The predicted molar refractivity (Wildman–Crippen MR) is 124 cm³/mol. The van der Waals surface area contributed by atoms with Crippen molar-refractivity contribution in [2.24, 2.45) is 5.41 Å². The van der Waals surface area contributed by atoms with Crippen LogP contribution in [0.5, 0.6) is 0 Å². The molecule has 7 heteroatoms. The van der Waals surface area contributed by atoms with Gasteiger partial charge in [0.2, 0.25) is 5.91 Å². The zero-order valence-corrected chi connectivity index (χ0v) is 18.8. The van der Waals surface area contributed by atoms with Gasteiger partial charge >= 0.3 is 0 Å². The number of para-hydroxylation sites is 2. The SMILES string of the molecule is CC1(C)CC(=O)C2=C(C1)Nc1ccccc1N(CC(=O)NCc1ccco1)[C@@H]2c1ccco1. The van der Waals surface area contributed by atoms with Crippen molar-refractivity contribution in [2.45, 2.75) is 39.3 Å². The number of hydrogen-bond acceptors (Lipinski definition) is 6. The predicted octanol–water partition coefficient (Wildman–Crippen LogP) is 4.81. The fraction of sp³-hybridized carbons (Fsp3) is 0.308. The maximum atomic E-state index is 13.5. The van der Waals surface area contributed by atoms with Gasteiger partial charge in [-0.2, -0.15) is 0 Å². The first-order valence-electron chi connectivity index (χ1n) is 11.1. The second-order valence-electron chi connectivity index (χ2n) is 9.38. The van der Waals surface area contributed by atoms with Crippen LogP contribution in [0.3, 0.4) is 0 Å². The minimum atomic E-state index is -0.510. The fourth-order valence-corrected chi connectivity index (χ4v) is 4.78. The van der Waals surface area contributed by atoms with Crippen LogP contribution in [0.25, 0.3) is 0 Å². The van der Waals surface area contributed by atoms with Crippen LogP contribution in [0.15, 0.2) is 81.2 Å². The van der Waals surface area contributed by atoms with Gasteiger partial charge in [0.25, 0.3) is 0 Å². The summed E-state index contributed by atoms with van der Waals surface area (Å²) in [4.78, 5) is 28.5. The quantitative estimate of drug-likeness (QED) is 0.586. The molecule has 1 aliphatic carbocycles. The molecule has 0 saturated heterocycles. The number of anilines is 2. The fourth-order valence-electron chi connectivity index (χ4n) is 4.78. The largest absolute Gasteiger partial charge is 0.467 e. The Morgan fingerprint density at radius 1 is 1.09 bits per heavy atom. The van der Waals surface area contributed by atoms with Gasteiger partial charge in [0.15, 0.2) is 5.78 Å². The highest BCUT2D eigenvalue weighted by Gasteiger charge is 2.42. The number of nitrogens with zero attached hydrogens (tertiary/aromatic N) is 1. The molecule has 0 unspecified atom stereocenters. The molecule has 1 atom stereocenters. The lowest BCUT2D eigenvalue weighted by molar-refractivity contribution is -0.121. The summed E-state index contributed by atoms with van der Waals surface area (Å²) in [6.07, 6.45) is 4.36. The number of Topliss-reactive ketones (excluding diaryl/α,β-unsaturated/α-hetero) is 1. The first kappa shape index (κ1) is 21.1. The summed E-state index contributed by atoms with van der Waals surface area (Å²) in [5, 5.41) is 6.45. The van der Waals surface area contributed by atoms with Gasteiger partial charge in [-0.25, -0.2) is 0 Å². The molecule has 33 heavy (non-hydrogen) atoms.